The maximum absolute atomic E-state index is 13.0. The number of ether oxygens (including phenoxy) is 2. The number of benzene rings is 3. The van der Waals surface area contributed by atoms with Gasteiger partial charge in [0.1, 0.15) is 5.70 Å². The second-order valence-electron chi connectivity index (χ2n) is 8.06. The molecular weight excluding hydrogens is 562 g/mol. The molecule has 190 valence electrons. The summed E-state index contributed by atoms with van der Waals surface area (Å²) in [5, 5.41) is 5.87. The molecule has 4 rings (SSSR count). The first kappa shape index (κ1) is 26.2. The van der Waals surface area contributed by atoms with Crippen molar-refractivity contribution >= 4 is 62.8 Å². The zero-order valence-electron chi connectivity index (χ0n) is 20.0. The summed E-state index contributed by atoms with van der Waals surface area (Å²) in [6, 6.07) is 16.6. The highest BCUT2D eigenvalue weighted by Crippen LogP contribution is 2.35. The van der Waals surface area contributed by atoms with Gasteiger partial charge in [-0.2, -0.15) is 0 Å². The van der Waals surface area contributed by atoms with Crippen LogP contribution in [0.25, 0.3) is 6.08 Å². The third-order valence-electron chi connectivity index (χ3n) is 5.32. The van der Waals surface area contributed by atoms with Crippen LogP contribution < -0.4 is 25.0 Å². The Morgan fingerprint density at radius 1 is 1.05 bits per heavy atom. The lowest BCUT2D eigenvalue weighted by atomic mass is 10.1. The van der Waals surface area contributed by atoms with E-state index in [-0.39, 0.29) is 18.2 Å². The second kappa shape index (κ2) is 11.5. The van der Waals surface area contributed by atoms with E-state index in [1.165, 1.54) is 6.08 Å². The van der Waals surface area contributed by atoms with Crippen LogP contribution in [0.2, 0.25) is 5.02 Å². The van der Waals surface area contributed by atoms with Crippen molar-refractivity contribution in [2.75, 3.05) is 23.4 Å². The van der Waals surface area contributed by atoms with Crippen LogP contribution in [-0.2, 0) is 9.59 Å². The number of nitrogens with one attached hydrogen (secondary N) is 2. The molecule has 0 aromatic heterocycles. The number of carbonyl (C=O) groups excluding carboxylic acids is 3. The van der Waals surface area contributed by atoms with Gasteiger partial charge in [0, 0.05) is 15.2 Å². The van der Waals surface area contributed by atoms with E-state index in [4.69, 9.17) is 21.1 Å². The minimum atomic E-state index is -0.570. The van der Waals surface area contributed by atoms with Gasteiger partial charge >= 0.3 is 6.03 Å². The molecule has 37 heavy (non-hydrogen) atoms. The van der Waals surface area contributed by atoms with E-state index in [0.717, 1.165) is 10.5 Å². The SMILES string of the molecule is CCOc1cc(/C=C2/NC(=O)N(c3ccc(Cl)cc3)C2=O)c(Br)cc1OCC(=O)Nc1ccc(C)cc1. The molecule has 0 atom stereocenters. The Bertz CT molecular complexity index is 1370. The Kier molecular flexibility index (Phi) is 8.15. The number of hydrogen-bond donors (Lipinski definition) is 2. The van der Waals surface area contributed by atoms with Crippen LogP contribution in [0.15, 0.2) is 70.8 Å². The number of anilines is 2. The summed E-state index contributed by atoms with van der Waals surface area (Å²) in [7, 11) is 0. The predicted molar refractivity (Wildman–Crippen MR) is 146 cm³/mol. The largest absolute Gasteiger partial charge is 0.490 e. The molecule has 2 N–H and O–H groups in total. The lowest BCUT2D eigenvalue weighted by Crippen LogP contribution is -2.30. The quantitative estimate of drug-likeness (QED) is 0.253. The molecule has 3 aromatic carbocycles. The molecule has 4 amide bonds. The van der Waals surface area contributed by atoms with Crippen molar-refractivity contribution in [3.63, 3.8) is 0 Å². The number of aryl methyl sites for hydroxylation is 1. The summed E-state index contributed by atoms with van der Waals surface area (Å²) in [6.07, 6.45) is 1.54. The van der Waals surface area contributed by atoms with Crippen molar-refractivity contribution < 1.29 is 23.9 Å². The number of halogens is 2. The zero-order valence-corrected chi connectivity index (χ0v) is 22.4. The van der Waals surface area contributed by atoms with Gasteiger partial charge in [0.05, 0.1) is 12.3 Å². The van der Waals surface area contributed by atoms with Crippen molar-refractivity contribution in [2.45, 2.75) is 13.8 Å². The maximum atomic E-state index is 13.0. The lowest BCUT2D eigenvalue weighted by Gasteiger charge is -2.14. The Labute approximate surface area is 227 Å². The topological polar surface area (TPSA) is 97.0 Å². The molecule has 0 saturated carbocycles. The maximum Gasteiger partial charge on any atom is 0.333 e. The van der Waals surface area contributed by atoms with Gasteiger partial charge in [0.2, 0.25) is 0 Å². The predicted octanol–water partition coefficient (Wildman–Crippen LogP) is 5.92. The van der Waals surface area contributed by atoms with Gasteiger partial charge in [0.15, 0.2) is 18.1 Å². The van der Waals surface area contributed by atoms with Crippen LogP contribution in [-0.4, -0.2) is 31.1 Å². The van der Waals surface area contributed by atoms with Gasteiger partial charge < -0.3 is 20.1 Å². The van der Waals surface area contributed by atoms with Crippen molar-refractivity contribution in [3.8, 4) is 11.5 Å². The summed E-state index contributed by atoms with van der Waals surface area (Å²) < 4.78 is 12.0. The summed E-state index contributed by atoms with van der Waals surface area (Å²) in [5.41, 5.74) is 2.82. The summed E-state index contributed by atoms with van der Waals surface area (Å²) >= 11 is 9.39. The Hall–Kier alpha value is -3.82. The smallest absolute Gasteiger partial charge is 0.333 e. The van der Waals surface area contributed by atoms with Crippen LogP contribution >= 0.6 is 27.5 Å². The number of carbonyl (C=O) groups is 3. The molecule has 1 aliphatic heterocycles. The van der Waals surface area contributed by atoms with Gasteiger partial charge in [-0.05, 0) is 74.0 Å². The van der Waals surface area contributed by atoms with E-state index in [1.54, 1.807) is 36.4 Å². The first-order valence-corrected chi connectivity index (χ1v) is 12.5. The monoisotopic (exact) mass is 583 g/mol. The normalized spacial score (nSPS) is 14.1. The van der Waals surface area contributed by atoms with Gasteiger partial charge in [-0.25, -0.2) is 9.69 Å². The summed E-state index contributed by atoms with van der Waals surface area (Å²) in [6.45, 7) is 3.90. The Balaban J connectivity index is 1.51. The first-order chi connectivity index (χ1) is 17.7. The molecule has 3 aromatic rings. The van der Waals surface area contributed by atoms with Crippen LogP contribution in [0.4, 0.5) is 16.2 Å². The molecule has 1 fully saturated rings. The van der Waals surface area contributed by atoms with E-state index in [2.05, 4.69) is 26.6 Å². The van der Waals surface area contributed by atoms with Crippen molar-refractivity contribution in [1.29, 1.82) is 0 Å². The lowest BCUT2D eigenvalue weighted by molar-refractivity contribution is -0.118. The van der Waals surface area contributed by atoms with Crippen molar-refractivity contribution in [3.05, 3.63) is 87.0 Å². The Morgan fingerprint density at radius 3 is 2.41 bits per heavy atom. The molecular formula is C27H23BrClN3O5. The highest BCUT2D eigenvalue weighted by molar-refractivity contribution is 9.10. The molecule has 10 heteroatoms. The van der Waals surface area contributed by atoms with Crippen LogP contribution in [0.5, 0.6) is 11.5 Å². The number of hydrogen-bond acceptors (Lipinski definition) is 5. The van der Waals surface area contributed by atoms with Gasteiger partial charge in [-0.15, -0.1) is 0 Å². The molecule has 0 unspecified atom stereocenters. The molecule has 0 radical (unpaired) electrons. The third kappa shape index (κ3) is 6.31. The van der Waals surface area contributed by atoms with Crippen LogP contribution in [0, 0.1) is 6.92 Å². The molecule has 0 bridgehead atoms. The molecule has 1 aliphatic rings. The van der Waals surface area contributed by atoms with Crippen molar-refractivity contribution in [1.82, 2.24) is 5.32 Å². The fourth-order valence-corrected chi connectivity index (χ4v) is 4.10. The number of rotatable bonds is 8. The molecule has 8 nitrogen and oxygen atoms in total. The minimum absolute atomic E-state index is 0.0919. The van der Waals surface area contributed by atoms with Gasteiger partial charge in [-0.1, -0.05) is 45.2 Å². The van der Waals surface area contributed by atoms with Crippen LogP contribution in [0.1, 0.15) is 18.1 Å². The fourth-order valence-electron chi connectivity index (χ4n) is 3.54. The van der Waals surface area contributed by atoms with E-state index >= 15 is 0 Å². The molecule has 1 saturated heterocycles. The van der Waals surface area contributed by atoms with E-state index in [0.29, 0.717) is 44.5 Å². The van der Waals surface area contributed by atoms with E-state index in [9.17, 15) is 14.4 Å². The average Bonchev–Trinajstić information content (AvgIpc) is 3.14. The average molecular weight is 585 g/mol. The summed E-state index contributed by atoms with van der Waals surface area (Å²) in [4.78, 5) is 38.9. The van der Waals surface area contributed by atoms with E-state index in [1.807, 2.05) is 38.1 Å². The van der Waals surface area contributed by atoms with E-state index < -0.39 is 11.9 Å². The number of nitrogens with zero attached hydrogens (tertiary/aromatic N) is 1. The number of amides is 4. The number of urea groups is 1. The standard InChI is InChI=1S/C27H23BrClN3O5/c1-3-36-23-13-17(12-22-26(34)32(27(35)31-22)20-10-6-18(29)7-11-20)21(28)14-24(23)37-15-25(33)30-19-8-4-16(2)5-9-19/h4-14H,3,15H2,1-2H3,(H,30,33)(H,31,35)/b22-12+. The third-order valence-corrected chi connectivity index (χ3v) is 6.26. The highest BCUT2D eigenvalue weighted by Gasteiger charge is 2.35. The summed E-state index contributed by atoms with van der Waals surface area (Å²) in [5.74, 6) is -0.105. The first-order valence-electron chi connectivity index (χ1n) is 11.3. The molecule has 0 spiro atoms. The van der Waals surface area contributed by atoms with Crippen molar-refractivity contribution in [2.24, 2.45) is 0 Å². The second-order valence-corrected chi connectivity index (χ2v) is 9.35. The van der Waals surface area contributed by atoms with Gasteiger partial charge in [0.25, 0.3) is 11.8 Å². The van der Waals surface area contributed by atoms with Gasteiger partial charge in [-0.3, -0.25) is 9.59 Å². The highest BCUT2D eigenvalue weighted by atomic mass is 79.9. The zero-order chi connectivity index (χ0) is 26.5. The molecule has 0 aliphatic carbocycles. The minimum Gasteiger partial charge on any atom is -0.490 e. The number of imide groups is 1. The van der Waals surface area contributed by atoms with Crippen LogP contribution in [0.3, 0.4) is 0 Å². The Morgan fingerprint density at radius 2 is 1.73 bits per heavy atom. The fraction of sp³-hybridized carbons (Fsp3) is 0.148. The molecule has 1 heterocycles.